The number of nitrogen functional groups attached to an aromatic ring is 1. The highest BCUT2D eigenvalue weighted by Crippen LogP contribution is 2.28. The van der Waals surface area contributed by atoms with Gasteiger partial charge in [-0.05, 0) is 46.3 Å². The Morgan fingerprint density at radius 1 is 1.24 bits per heavy atom. The predicted molar refractivity (Wildman–Crippen MR) is 85.5 cm³/mol. The number of fused-ring (bicyclic) bond motifs is 1. The summed E-state index contributed by atoms with van der Waals surface area (Å²) in [5, 5.41) is 7.40. The zero-order valence-electron chi connectivity index (χ0n) is 10.7. The summed E-state index contributed by atoms with van der Waals surface area (Å²) in [4.78, 5) is 0.122. The Bertz CT molecular complexity index is 921. The fourth-order valence-electron chi connectivity index (χ4n) is 1.99. The number of hydrogen-bond acceptors (Lipinski definition) is 4. The first-order chi connectivity index (χ1) is 9.97. The summed E-state index contributed by atoms with van der Waals surface area (Å²) in [7, 11) is -3.72. The van der Waals surface area contributed by atoms with E-state index in [2.05, 4.69) is 30.8 Å². The predicted octanol–water partition coefficient (Wildman–Crippen LogP) is 2.71. The van der Waals surface area contributed by atoms with Crippen LogP contribution in [-0.4, -0.2) is 18.6 Å². The van der Waals surface area contributed by atoms with Gasteiger partial charge in [-0.15, -0.1) is 0 Å². The maximum atomic E-state index is 12.5. The first-order valence-corrected chi connectivity index (χ1v) is 8.25. The number of halogens is 1. The molecule has 0 bridgehead atoms. The Morgan fingerprint density at radius 2 is 2.05 bits per heavy atom. The summed E-state index contributed by atoms with van der Waals surface area (Å²) < 4.78 is 28.0. The molecule has 6 nitrogen and oxygen atoms in total. The lowest BCUT2D eigenvalue weighted by molar-refractivity contribution is 0.601. The number of nitrogens with one attached hydrogen (secondary N) is 2. The van der Waals surface area contributed by atoms with Crippen LogP contribution in [-0.2, 0) is 10.0 Å². The fraction of sp³-hybridized carbons (Fsp3) is 0. The molecule has 2 aromatic carbocycles. The highest BCUT2D eigenvalue weighted by molar-refractivity contribution is 9.10. The fourth-order valence-corrected chi connectivity index (χ4v) is 4.17. The van der Waals surface area contributed by atoms with Crippen LogP contribution in [0.5, 0.6) is 0 Å². The van der Waals surface area contributed by atoms with Crippen molar-refractivity contribution in [3.63, 3.8) is 0 Å². The number of sulfonamides is 1. The molecule has 0 radical (unpaired) electrons. The smallest absolute Gasteiger partial charge is 0.263 e. The highest BCUT2D eigenvalue weighted by atomic mass is 79.9. The summed E-state index contributed by atoms with van der Waals surface area (Å²) in [6.07, 6.45) is 1.57. The second-order valence-corrected chi connectivity index (χ2v) is 6.94. The molecule has 1 aromatic heterocycles. The van der Waals surface area contributed by atoms with Gasteiger partial charge in [0.05, 0.1) is 17.4 Å². The molecular formula is C13H11BrN4O2S. The van der Waals surface area contributed by atoms with E-state index in [9.17, 15) is 8.42 Å². The number of H-pyrrole nitrogens is 1. The van der Waals surface area contributed by atoms with Gasteiger partial charge in [0.1, 0.15) is 4.90 Å². The minimum Gasteiger partial charge on any atom is -0.399 e. The van der Waals surface area contributed by atoms with Gasteiger partial charge >= 0.3 is 0 Å². The normalized spacial score (nSPS) is 11.7. The van der Waals surface area contributed by atoms with Gasteiger partial charge < -0.3 is 5.73 Å². The van der Waals surface area contributed by atoms with E-state index in [0.717, 1.165) is 5.52 Å². The maximum Gasteiger partial charge on any atom is 0.263 e. The molecule has 0 aliphatic heterocycles. The molecule has 1 heterocycles. The van der Waals surface area contributed by atoms with Crippen molar-refractivity contribution in [2.75, 3.05) is 10.5 Å². The number of rotatable bonds is 3. The third-order valence-corrected chi connectivity index (χ3v) is 5.32. The summed E-state index contributed by atoms with van der Waals surface area (Å²) in [6, 6.07) is 9.79. The van der Waals surface area contributed by atoms with Crippen molar-refractivity contribution in [1.82, 2.24) is 10.2 Å². The number of hydrogen-bond donors (Lipinski definition) is 3. The maximum absolute atomic E-state index is 12.5. The molecular weight excluding hydrogens is 356 g/mol. The molecule has 21 heavy (non-hydrogen) atoms. The lowest BCUT2D eigenvalue weighted by Gasteiger charge is -2.10. The average Bonchev–Trinajstić information content (AvgIpc) is 2.87. The molecule has 0 spiro atoms. The van der Waals surface area contributed by atoms with Gasteiger partial charge in [0, 0.05) is 15.5 Å². The Hall–Kier alpha value is -2.06. The van der Waals surface area contributed by atoms with E-state index in [-0.39, 0.29) is 4.90 Å². The SMILES string of the molecule is Nc1ccc(S(=O)(=O)Nc2cccc3[nH]ncc23)c(Br)c1. The standard InChI is InChI=1S/C13H11BrN4O2S/c14-10-6-8(15)4-5-13(10)21(19,20)18-12-3-1-2-11-9(12)7-16-17-11/h1-7,18H,15H2,(H,16,17). The van der Waals surface area contributed by atoms with E-state index in [1.165, 1.54) is 12.1 Å². The van der Waals surface area contributed by atoms with E-state index >= 15 is 0 Å². The van der Waals surface area contributed by atoms with Crippen molar-refractivity contribution < 1.29 is 8.42 Å². The van der Waals surface area contributed by atoms with Crippen LogP contribution in [0.3, 0.4) is 0 Å². The molecule has 108 valence electrons. The quantitative estimate of drug-likeness (QED) is 0.620. The molecule has 8 heteroatoms. The van der Waals surface area contributed by atoms with Gasteiger partial charge in [-0.2, -0.15) is 5.10 Å². The zero-order valence-corrected chi connectivity index (χ0v) is 13.1. The second-order valence-electron chi connectivity index (χ2n) is 4.43. The van der Waals surface area contributed by atoms with E-state index in [1.54, 1.807) is 24.4 Å². The summed E-state index contributed by atoms with van der Waals surface area (Å²) in [6.45, 7) is 0. The molecule has 0 saturated heterocycles. The van der Waals surface area contributed by atoms with Crippen LogP contribution in [0.2, 0.25) is 0 Å². The van der Waals surface area contributed by atoms with Crippen LogP contribution in [0.4, 0.5) is 11.4 Å². The van der Waals surface area contributed by atoms with Crippen LogP contribution in [0.15, 0.2) is 52.0 Å². The number of nitrogens with zero attached hydrogens (tertiary/aromatic N) is 1. The summed E-state index contributed by atoms with van der Waals surface area (Å²) in [5.74, 6) is 0. The first-order valence-electron chi connectivity index (χ1n) is 5.97. The Labute approximate surface area is 129 Å². The van der Waals surface area contributed by atoms with Crippen molar-refractivity contribution in [1.29, 1.82) is 0 Å². The summed E-state index contributed by atoms with van der Waals surface area (Å²) >= 11 is 3.22. The average molecular weight is 367 g/mol. The topological polar surface area (TPSA) is 101 Å². The minimum absolute atomic E-state index is 0.122. The minimum atomic E-state index is -3.72. The number of aromatic amines is 1. The molecule has 0 saturated carbocycles. The van der Waals surface area contributed by atoms with E-state index < -0.39 is 10.0 Å². The second kappa shape index (κ2) is 5.05. The molecule has 3 aromatic rings. The molecule has 0 aliphatic rings. The van der Waals surface area contributed by atoms with Crippen LogP contribution in [0, 0.1) is 0 Å². The lowest BCUT2D eigenvalue weighted by Crippen LogP contribution is -2.13. The van der Waals surface area contributed by atoms with Crippen molar-refractivity contribution in [3.05, 3.63) is 47.1 Å². The van der Waals surface area contributed by atoms with Crippen LogP contribution < -0.4 is 10.5 Å². The van der Waals surface area contributed by atoms with Crippen molar-refractivity contribution in [3.8, 4) is 0 Å². The van der Waals surface area contributed by atoms with Gasteiger partial charge in [0.25, 0.3) is 10.0 Å². The molecule has 0 fully saturated rings. The van der Waals surface area contributed by atoms with Crippen molar-refractivity contribution >= 4 is 48.2 Å². The third-order valence-electron chi connectivity index (χ3n) is 2.97. The van der Waals surface area contributed by atoms with Crippen LogP contribution in [0.25, 0.3) is 10.9 Å². The van der Waals surface area contributed by atoms with Crippen molar-refractivity contribution in [2.45, 2.75) is 4.90 Å². The molecule has 0 unspecified atom stereocenters. The number of benzene rings is 2. The Balaban J connectivity index is 2.05. The van der Waals surface area contributed by atoms with Crippen LogP contribution >= 0.6 is 15.9 Å². The van der Waals surface area contributed by atoms with E-state index in [4.69, 9.17) is 5.73 Å². The molecule has 4 N–H and O–H groups in total. The van der Waals surface area contributed by atoms with E-state index in [0.29, 0.717) is 21.2 Å². The van der Waals surface area contributed by atoms with Crippen molar-refractivity contribution in [2.24, 2.45) is 0 Å². The molecule has 0 amide bonds. The van der Waals surface area contributed by atoms with Gasteiger partial charge in [0.15, 0.2) is 0 Å². The Kier molecular flexibility index (Phi) is 3.34. The number of anilines is 2. The van der Waals surface area contributed by atoms with Gasteiger partial charge in [-0.1, -0.05) is 6.07 Å². The highest BCUT2D eigenvalue weighted by Gasteiger charge is 2.19. The van der Waals surface area contributed by atoms with Crippen LogP contribution in [0.1, 0.15) is 0 Å². The van der Waals surface area contributed by atoms with E-state index in [1.807, 2.05) is 6.07 Å². The zero-order chi connectivity index (χ0) is 15.0. The van der Waals surface area contributed by atoms with Gasteiger partial charge in [-0.3, -0.25) is 9.82 Å². The third kappa shape index (κ3) is 2.59. The van der Waals surface area contributed by atoms with Gasteiger partial charge in [0.2, 0.25) is 0 Å². The monoisotopic (exact) mass is 366 g/mol. The summed E-state index contributed by atoms with van der Waals surface area (Å²) in [5.41, 5.74) is 7.33. The lowest BCUT2D eigenvalue weighted by atomic mass is 10.2. The largest absolute Gasteiger partial charge is 0.399 e. The molecule has 0 atom stereocenters. The number of nitrogens with two attached hydrogens (primary N) is 1. The number of aromatic nitrogens is 2. The first kappa shape index (κ1) is 13.9. The van der Waals surface area contributed by atoms with Gasteiger partial charge in [-0.25, -0.2) is 8.42 Å². The molecule has 0 aliphatic carbocycles. The molecule has 3 rings (SSSR count). The Morgan fingerprint density at radius 3 is 2.81 bits per heavy atom.